The normalized spacial score (nSPS) is 15.4. The van der Waals surface area contributed by atoms with E-state index in [-0.39, 0.29) is 23.3 Å². The van der Waals surface area contributed by atoms with Crippen molar-refractivity contribution in [3.8, 4) is 5.75 Å². The van der Waals surface area contributed by atoms with Gasteiger partial charge >= 0.3 is 0 Å². The molecule has 0 bridgehead atoms. The van der Waals surface area contributed by atoms with Crippen LogP contribution in [0.2, 0.25) is 0 Å². The van der Waals surface area contributed by atoms with Gasteiger partial charge in [0, 0.05) is 46.5 Å². The van der Waals surface area contributed by atoms with Crippen molar-refractivity contribution in [1.82, 2.24) is 10.6 Å². The second-order valence-corrected chi connectivity index (χ2v) is 11.0. The van der Waals surface area contributed by atoms with Gasteiger partial charge in [-0.1, -0.05) is 46.8 Å². The molecule has 8 nitrogen and oxygen atoms in total. The molecule has 5 N–H and O–H groups in total. The number of hydrogen-bond donors (Lipinski definition) is 4. The quantitative estimate of drug-likeness (QED) is 0.225. The smallest absolute Gasteiger partial charge is 0.255 e. The Hall–Kier alpha value is -1.71. The number of benzene rings is 1. The monoisotopic (exact) mass is 509 g/mol. The van der Waals surface area contributed by atoms with Crippen molar-refractivity contribution in [1.29, 1.82) is 0 Å². The molecule has 0 aliphatic carbocycles. The molecule has 36 heavy (non-hydrogen) atoms. The van der Waals surface area contributed by atoms with E-state index in [0.717, 1.165) is 12.8 Å². The van der Waals surface area contributed by atoms with Crippen LogP contribution < -0.4 is 21.1 Å². The molecule has 1 amide bonds. The van der Waals surface area contributed by atoms with Crippen LogP contribution in [0.4, 0.5) is 0 Å². The van der Waals surface area contributed by atoms with Gasteiger partial charge in [0.15, 0.2) is 0 Å². The summed E-state index contributed by atoms with van der Waals surface area (Å²) < 4.78 is 16.5. The number of ether oxygens (including phenoxy) is 3. The molecule has 8 heteroatoms. The van der Waals surface area contributed by atoms with E-state index in [9.17, 15) is 9.90 Å². The number of methoxy groups -OCH3 is 2. The number of aliphatic hydroxyl groups is 1. The van der Waals surface area contributed by atoms with Crippen LogP contribution in [-0.2, 0) is 9.47 Å². The number of carbonyl (C=O) groups is 1. The second-order valence-electron chi connectivity index (χ2n) is 11.0. The molecule has 0 aliphatic heterocycles. The molecule has 1 aromatic carbocycles. The van der Waals surface area contributed by atoms with Crippen LogP contribution in [0.5, 0.6) is 5.75 Å². The van der Waals surface area contributed by atoms with E-state index in [4.69, 9.17) is 19.9 Å². The maximum atomic E-state index is 12.9. The number of amides is 1. The highest BCUT2D eigenvalue weighted by atomic mass is 16.5. The van der Waals surface area contributed by atoms with Crippen molar-refractivity contribution in [2.45, 2.75) is 72.1 Å². The zero-order valence-corrected chi connectivity index (χ0v) is 23.5. The Balaban J connectivity index is 2.59. The molecule has 0 heterocycles. The number of hydrogen-bond acceptors (Lipinski definition) is 7. The van der Waals surface area contributed by atoms with E-state index in [2.05, 4.69) is 45.3 Å². The number of nitrogens with one attached hydrogen (secondary N) is 2. The topological polar surface area (TPSA) is 115 Å². The lowest BCUT2D eigenvalue weighted by molar-refractivity contribution is 0.0145. The standard InChI is InChI=1S/C28H51N3O5/c1-20(2)21(16-23(29)24(32)18-30-19-26(35-7)28(3,4)5)17-31-27(33)22-12-8-9-13-25(22)36-15-11-10-14-34-6/h8-9,12-13,20-21,23-24,26,30,32H,10-11,14-19,29H2,1-7H3,(H,31,33). The van der Waals surface area contributed by atoms with E-state index >= 15 is 0 Å². The average Bonchev–Trinajstić information content (AvgIpc) is 2.83. The van der Waals surface area contributed by atoms with Gasteiger partial charge in [-0.3, -0.25) is 4.79 Å². The van der Waals surface area contributed by atoms with E-state index in [1.807, 2.05) is 18.2 Å². The van der Waals surface area contributed by atoms with Crippen molar-refractivity contribution in [3.63, 3.8) is 0 Å². The van der Waals surface area contributed by atoms with E-state index in [1.165, 1.54) is 0 Å². The van der Waals surface area contributed by atoms with E-state index < -0.39 is 12.1 Å². The third-order valence-corrected chi connectivity index (χ3v) is 6.60. The number of aliphatic hydroxyl groups excluding tert-OH is 1. The maximum Gasteiger partial charge on any atom is 0.255 e. The van der Waals surface area contributed by atoms with Gasteiger partial charge in [-0.2, -0.15) is 0 Å². The summed E-state index contributed by atoms with van der Waals surface area (Å²) in [7, 11) is 3.38. The fourth-order valence-corrected chi connectivity index (χ4v) is 3.98. The van der Waals surface area contributed by atoms with E-state index in [0.29, 0.717) is 56.5 Å². The predicted octanol–water partition coefficient (Wildman–Crippen LogP) is 3.22. The summed E-state index contributed by atoms with van der Waals surface area (Å²) >= 11 is 0. The molecular formula is C28H51N3O5. The zero-order valence-electron chi connectivity index (χ0n) is 23.5. The van der Waals surface area contributed by atoms with Crippen molar-refractivity contribution >= 4 is 5.91 Å². The molecule has 4 unspecified atom stereocenters. The molecule has 208 valence electrons. The first-order valence-electron chi connectivity index (χ1n) is 13.2. The van der Waals surface area contributed by atoms with Gasteiger partial charge in [0.05, 0.1) is 24.4 Å². The summed E-state index contributed by atoms with van der Waals surface area (Å²) in [5.41, 5.74) is 6.88. The summed E-state index contributed by atoms with van der Waals surface area (Å²) in [6, 6.07) is 6.89. The second kappa shape index (κ2) is 16.9. The zero-order chi connectivity index (χ0) is 27.1. The van der Waals surface area contributed by atoms with Gasteiger partial charge in [0.2, 0.25) is 0 Å². The minimum absolute atomic E-state index is 0.00341. The summed E-state index contributed by atoms with van der Waals surface area (Å²) in [6.45, 7) is 13.3. The number of unbranched alkanes of at least 4 members (excludes halogenated alkanes) is 1. The Morgan fingerprint density at radius 1 is 1.06 bits per heavy atom. The fraction of sp³-hybridized carbons (Fsp3) is 0.750. The fourth-order valence-electron chi connectivity index (χ4n) is 3.98. The van der Waals surface area contributed by atoms with Gasteiger partial charge in [0.1, 0.15) is 5.75 Å². The van der Waals surface area contributed by atoms with Crippen LogP contribution in [0, 0.1) is 17.3 Å². The molecule has 0 aromatic heterocycles. The summed E-state index contributed by atoms with van der Waals surface area (Å²) in [4.78, 5) is 12.9. The molecule has 0 saturated carbocycles. The van der Waals surface area contributed by atoms with Gasteiger partial charge < -0.3 is 35.7 Å². The van der Waals surface area contributed by atoms with Crippen LogP contribution in [-0.4, -0.2) is 76.3 Å². The van der Waals surface area contributed by atoms with Gasteiger partial charge in [-0.05, 0) is 48.6 Å². The maximum absolute atomic E-state index is 12.9. The molecule has 1 rings (SSSR count). The highest BCUT2D eigenvalue weighted by molar-refractivity contribution is 5.96. The minimum atomic E-state index is -0.688. The predicted molar refractivity (Wildman–Crippen MR) is 145 cm³/mol. The van der Waals surface area contributed by atoms with Gasteiger partial charge in [0.25, 0.3) is 5.91 Å². The third kappa shape index (κ3) is 12.0. The Morgan fingerprint density at radius 3 is 2.33 bits per heavy atom. The molecule has 0 fully saturated rings. The third-order valence-electron chi connectivity index (χ3n) is 6.60. The van der Waals surface area contributed by atoms with Crippen molar-refractivity contribution in [2.24, 2.45) is 23.0 Å². The molecular weight excluding hydrogens is 458 g/mol. The van der Waals surface area contributed by atoms with Crippen LogP contribution in [0.25, 0.3) is 0 Å². The Bertz CT molecular complexity index is 738. The van der Waals surface area contributed by atoms with Crippen LogP contribution in [0.15, 0.2) is 24.3 Å². The summed E-state index contributed by atoms with van der Waals surface area (Å²) in [6.07, 6.45) is 1.72. The van der Waals surface area contributed by atoms with Crippen molar-refractivity contribution in [2.75, 3.05) is 47.1 Å². The van der Waals surface area contributed by atoms with Crippen LogP contribution >= 0.6 is 0 Å². The molecule has 4 atom stereocenters. The molecule has 0 aliphatic rings. The highest BCUT2D eigenvalue weighted by Gasteiger charge is 2.26. The lowest BCUT2D eigenvalue weighted by Crippen LogP contribution is -2.47. The first-order valence-corrected chi connectivity index (χ1v) is 13.2. The van der Waals surface area contributed by atoms with E-state index in [1.54, 1.807) is 20.3 Å². The highest BCUT2D eigenvalue weighted by Crippen LogP contribution is 2.22. The Morgan fingerprint density at radius 2 is 1.72 bits per heavy atom. The van der Waals surface area contributed by atoms with Crippen molar-refractivity contribution < 1.29 is 24.1 Å². The first kappa shape index (κ1) is 32.3. The van der Waals surface area contributed by atoms with Crippen molar-refractivity contribution in [3.05, 3.63) is 29.8 Å². The Kier molecular flexibility index (Phi) is 15.2. The van der Waals surface area contributed by atoms with Gasteiger partial charge in [-0.25, -0.2) is 0 Å². The molecule has 1 aromatic rings. The number of nitrogens with two attached hydrogens (primary N) is 1. The number of carbonyl (C=O) groups excluding carboxylic acids is 1. The molecule has 0 saturated heterocycles. The first-order chi connectivity index (χ1) is 17.0. The number of para-hydroxylation sites is 1. The average molecular weight is 510 g/mol. The molecule has 0 spiro atoms. The van der Waals surface area contributed by atoms with Crippen LogP contribution in [0.1, 0.15) is 64.2 Å². The van der Waals surface area contributed by atoms with Crippen LogP contribution in [0.3, 0.4) is 0 Å². The SMILES string of the molecule is COCCCCOc1ccccc1C(=O)NCC(CC(N)C(O)CNCC(OC)C(C)(C)C)C(C)C. The minimum Gasteiger partial charge on any atom is -0.493 e. The lowest BCUT2D eigenvalue weighted by atomic mass is 9.87. The number of rotatable bonds is 18. The van der Waals surface area contributed by atoms with Gasteiger partial charge in [-0.15, -0.1) is 0 Å². The summed E-state index contributed by atoms with van der Waals surface area (Å²) in [5.74, 6) is 0.831. The Labute approximate surface area is 218 Å². The lowest BCUT2D eigenvalue weighted by Gasteiger charge is -2.31. The summed E-state index contributed by atoms with van der Waals surface area (Å²) in [5, 5.41) is 17.0. The largest absolute Gasteiger partial charge is 0.493 e. The molecule has 0 radical (unpaired) electrons.